The number of piperidine rings is 1. The molecule has 0 aliphatic carbocycles. The number of H-pyrrole nitrogens is 1. The standard InChI is InChI=1S/C23H30N6O3/c1-15-5-3-9-28(13-15)21(22-25-26-27-29(22)14-18-6-4-10-32-18)19-11-16-7-8-17(31-2)12-20(16)24-23(19)30/h7-8,11-12,15,18,21H,3-6,9-10,13-14H2,1-2H3,(H,24,30)/t15-,18-,21+/m0/s1. The van der Waals surface area contributed by atoms with Gasteiger partial charge in [0.25, 0.3) is 5.56 Å². The molecule has 9 heteroatoms. The molecule has 0 unspecified atom stereocenters. The van der Waals surface area contributed by atoms with Crippen molar-refractivity contribution in [2.45, 2.75) is 51.3 Å². The lowest BCUT2D eigenvalue weighted by molar-refractivity contribution is 0.0889. The fourth-order valence-corrected chi connectivity index (χ4v) is 5.01. The van der Waals surface area contributed by atoms with Crippen molar-refractivity contribution >= 4 is 10.9 Å². The molecule has 0 radical (unpaired) electrons. The van der Waals surface area contributed by atoms with Gasteiger partial charge in [0.2, 0.25) is 0 Å². The van der Waals surface area contributed by atoms with Crippen molar-refractivity contribution in [1.29, 1.82) is 0 Å². The van der Waals surface area contributed by atoms with Gasteiger partial charge < -0.3 is 14.5 Å². The highest BCUT2D eigenvalue weighted by molar-refractivity contribution is 5.80. The van der Waals surface area contributed by atoms with E-state index in [1.54, 1.807) is 7.11 Å². The number of nitrogens with one attached hydrogen (secondary N) is 1. The molecular formula is C23H30N6O3. The van der Waals surface area contributed by atoms with Crippen LogP contribution in [-0.4, -0.2) is 63.0 Å². The van der Waals surface area contributed by atoms with Gasteiger partial charge in [-0.2, -0.15) is 0 Å². The molecule has 4 heterocycles. The predicted octanol–water partition coefficient (Wildman–Crippen LogP) is 2.52. The predicted molar refractivity (Wildman–Crippen MR) is 120 cm³/mol. The van der Waals surface area contributed by atoms with Gasteiger partial charge in [0.15, 0.2) is 5.82 Å². The zero-order valence-electron chi connectivity index (χ0n) is 18.7. The summed E-state index contributed by atoms with van der Waals surface area (Å²) in [7, 11) is 1.62. The van der Waals surface area contributed by atoms with Crippen LogP contribution in [0, 0.1) is 5.92 Å². The summed E-state index contributed by atoms with van der Waals surface area (Å²) in [6, 6.07) is 7.38. The Morgan fingerprint density at radius 3 is 2.97 bits per heavy atom. The van der Waals surface area contributed by atoms with Crippen molar-refractivity contribution in [3.8, 4) is 5.75 Å². The Labute approximate surface area is 186 Å². The second-order valence-corrected chi connectivity index (χ2v) is 9.01. The number of aromatic amines is 1. The maximum atomic E-state index is 13.3. The Bertz CT molecular complexity index is 1140. The average Bonchev–Trinajstić information content (AvgIpc) is 3.47. The molecule has 0 saturated carbocycles. The summed E-state index contributed by atoms with van der Waals surface area (Å²) in [4.78, 5) is 18.7. The minimum Gasteiger partial charge on any atom is -0.497 e. The average molecular weight is 439 g/mol. The van der Waals surface area contributed by atoms with E-state index in [0.717, 1.165) is 49.9 Å². The van der Waals surface area contributed by atoms with Crippen LogP contribution in [0.15, 0.2) is 29.1 Å². The molecule has 0 bridgehead atoms. The number of nitrogens with zero attached hydrogens (tertiary/aromatic N) is 5. The molecule has 9 nitrogen and oxygen atoms in total. The van der Waals surface area contributed by atoms with E-state index in [2.05, 4.69) is 32.3 Å². The first kappa shape index (κ1) is 21.1. The van der Waals surface area contributed by atoms with Gasteiger partial charge in [-0.3, -0.25) is 9.69 Å². The Kier molecular flexibility index (Phi) is 5.93. The zero-order valence-corrected chi connectivity index (χ0v) is 18.7. The van der Waals surface area contributed by atoms with Crippen molar-refractivity contribution < 1.29 is 9.47 Å². The van der Waals surface area contributed by atoms with E-state index < -0.39 is 0 Å². The van der Waals surface area contributed by atoms with E-state index in [0.29, 0.717) is 29.6 Å². The van der Waals surface area contributed by atoms with E-state index in [1.165, 1.54) is 6.42 Å². The first-order chi connectivity index (χ1) is 15.6. The molecule has 3 aromatic rings. The number of ether oxygens (including phenoxy) is 2. The van der Waals surface area contributed by atoms with E-state index in [4.69, 9.17) is 9.47 Å². The summed E-state index contributed by atoms with van der Waals surface area (Å²) in [5, 5.41) is 13.6. The zero-order chi connectivity index (χ0) is 22.1. The van der Waals surface area contributed by atoms with Crippen molar-refractivity contribution in [3.05, 3.63) is 46.0 Å². The van der Waals surface area contributed by atoms with Crippen LogP contribution in [-0.2, 0) is 11.3 Å². The molecule has 0 amide bonds. The fraction of sp³-hybridized carbons (Fsp3) is 0.565. The van der Waals surface area contributed by atoms with Gasteiger partial charge in [0.05, 0.1) is 25.3 Å². The Morgan fingerprint density at radius 2 is 2.19 bits per heavy atom. The summed E-state index contributed by atoms with van der Waals surface area (Å²) in [6.45, 7) is 5.45. The molecule has 0 spiro atoms. The number of fused-ring (bicyclic) bond motifs is 1. The third kappa shape index (κ3) is 4.14. The van der Waals surface area contributed by atoms with Crippen LogP contribution < -0.4 is 10.3 Å². The van der Waals surface area contributed by atoms with Gasteiger partial charge in [0.1, 0.15) is 11.8 Å². The van der Waals surface area contributed by atoms with Gasteiger partial charge >= 0.3 is 0 Å². The Morgan fingerprint density at radius 1 is 1.28 bits per heavy atom. The smallest absolute Gasteiger partial charge is 0.253 e. The minimum atomic E-state index is -0.315. The third-order valence-corrected chi connectivity index (χ3v) is 6.63. The SMILES string of the molecule is COc1ccc2cc([C@H](c3nnnn3C[C@@H]3CCCO3)N3CCC[C@H](C)C3)c(=O)[nH]c2c1. The van der Waals surface area contributed by atoms with Gasteiger partial charge in [-0.05, 0) is 72.2 Å². The van der Waals surface area contributed by atoms with Crippen LogP contribution in [0.4, 0.5) is 0 Å². The lowest BCUT2D eigenvalue weighted by atomic mass is 9.95. The summed E-state index contributed by atoms with van der Waals surface area (Å²) in [5.41, 5.74) is 1.30. The Balaban J connectivity index is 1.59. The number of rotatable bonds is 6. The summed E-state index contributed by atoms with van der Waals surface area (Å²) >= 11 is 0. The number of hydrogen-bond acceptors (Lipinski definition) is 7. The number of aromatic nitrogens is 5. The van der Waals surface area contributed by atoms with Gasteiger partial charge in [0, 0.05) is 24.8 Å². The van der Waals surface area contributed by atoms with Crippen molar-refractivity contribution in [1.82, 2.24) is 30.1 Å². The van der Waals surface area contributed by atoms with Crippen LogP contribution in [0.25, 0.3) is 10.9 Å². The van der Waals surface area contributed by atoms with E-state index in [9.17, 15) is 4.79 Å². The summed E-state index contributed by atoms with van der Waals surface area (Å²) in [5.74, 6) is 1.97. The van der Waals surface area contributed by atoms with E-state index >= 15 is 0 Å². The minimum absolute atomic E-state index is 0.112. The quantitative estimate of drug-likeness (QED) is 0.631. The van der Waals surface area contributed by atoms with E-state index in [1.807, 2.05) is 28.9 Å². The molecule has 2 fully saturated rings. The Hall–Kier alpha value is -2.78. The molecule has 1 N–H and O–H groups in total. The maximum absolute atomic E-state index is 13.3. The highest BCUT2D eigenvalue weighted by atomic mass is 16.5. The first-order valence-corrected chi connectivity index (χ1v) is 11.4. The van der Waals surface area contributed by atoms with Crippen LogP contribution in [0.3, 0.4) is 0 Å². The van der Waals surface area contributed by atoms with Crippen molar-refractivity contribution in [3.63, 3.8) is 0 Å². The second-order valence-electron chi connectivity index (χ2n) is 9.01. The number of benzene rings is 1. The van der Waals surface area contributed by atoms with Crippen LogP contribution in [0.1, 0.15) is 50.0 Å². The first-order valence-electron chi connectivity index (χ1n) is 11.4. The molecule has 170 valence electrons. The number of tetrazole rings is 1. The fourth-order valence-electron chi connectivity index (χ4n) is 5.01. The monoisotopic (exact) mass is 438 g/mol. The van der Waals surface area contributed by atoms with Crippen molar-refractivity contribution in [2.75, 3.05) is 26.8 Å². The lowest BCUT2D eigenvalue weighted by Gasteiger charge is -2.36. The third-order valence-electron chi connectivity index (χ3n) is 6.63. The number of hydrogen-bond donors (Lipinski definition) is 1. The maximum Gasteiger partial charge on any atom is 0.253 e. The summed E-state index contributed by atoms with van der Waals surface area (Å²) < 4.78 is 13.0. The molecule has 2 aliphatic rings. The highest BCUT2D eigenvalue weighted by Crippen LogP contribution is 2.31. The molecule has 2 aliphatic heterocycles. The lowest BCUT2D eigenvalue weighted by Crippen LogP contribution is -2.41. The second kappa shape index (κ2) is 8.99. The van der Waals surface area contributed by atoms with Gasteiger partial charge in [-0.25, -0.2) is 4.68 Å². The van der Waals surface area contributed by atoms with Gasteiger partial charge in [-0.1, -0.05) is 6.92 Å². The van der Waals surface area contributed by atoms with E-state index in [-0.39, 0.29) is 17.7 Å². The van der Waals surface area contributed by atoms with Crippen molar-refractivity contribution in [2.24, 2.45) is 5.92 Å². The number of pyridine rings is 1. The number of likely N-dealkylation sites (tertiary alicyclic amines) is 1. The summed E-state index contributed by atoms with van der Waals surface area (Å²) in [6.07, 6.45) is 4.46. The molecule has 2 saturated heterocycles. The van der Waals surface area contributed by atoms with Crippen LogP contribution in [0.5, 0.6) is 5.75 Å². The highest BCUT2D eigenvalue weighted by Gasteiger charge is 2.33. The molecule has 3 atom stereocenters. The largest absolute Gasteiger partial charge is 0.497 e. The molecule has 2 aromatic heterocycles. The molecule has 5 rings (SSSR count). The molecule has 32 heavy (non-hydrogen) atoms. The molecular weight excluding hydrogens is 408 g/mol. The van der Waals surface area contributed by atoms with Crippen LogP contribution >= 0.6 is 0 Å². The normalized spacial score (nSPS) is 22.9. The topological polar surface area (TPSA) is 98.2 Å². The van der Waals surface area contributed by atoms with Gasteiger partial charge in [-0.15, -0.1) is 5.10 Å². The number of methoxy groups -OCH3 is 1. The molecule has 1 aromatic carbocycles. The van der Waals surface area contributed by atoms with Crippen LogP contribution in [0.2, 0.25) is 0 Å².